The van der Waals surface area contributed by atoms with E-state index in [0.717, 1.165) is 25.5 Å². The number of rotatable bonds is 3. The molecule has 2 rings (SSSR count). The van der Waals surface area contributed by atoms with Crippen LogP contribution >= 0.6 is 0 Å². The number of aromatic amines is 2. The van der Waals surface area contributed by atoms with Crippen LogP contribution in [0.25, 0.3) is 0 Å². The van der Waals surface area contributed by atoms with Crippen LogP contribution in [0.4, 0.5) is 0 Å². The van der Waals surface area contributed by atoms with E-state index in [9.17, 15) is 18.0 Å². The van der Waals surface area contributed by atoms with Crippen molar-refractivity contribution in [2.75, 3.05) is 0 Å². The van der Waals surface area contributed by atoms with E-state index in [1.165, 1.54) is 0 Å². The van der Waals surface area contributed by atoms with Crippen LogP contribution in [0.1, 0.15) is 33.1 Å². The van der Waals surface area contributed by atoms with Crippen LogP contribution in [0.15, 0.2) is 20.7 Å². The minimum absolute atomic E-state index is 0.102. The number of aromatic nitrogens is 2. The van der Waals surface area contributed by atoms with Crippen molar-refractivity contribution in [2.45, 2.75) is 44.0 Å². The lowest BCUT2D eigenvalue weighted by molar-refractivity contribution is 0.372. The van der Waals surface area contributed by atoms with Crippen LogP contribution < -0.4 is 16.0 Å². The van der Waals surface area contributed by atoms with Crippen LogP contribution in [0.3, 0.4) is 0 Å². The average Bonchev–Trinajstić information content (AvgIpc) is 2.56. The van der Waals surface area contributed by atoms with E-state index in [2.05, 4.69) is 23.6 Å². The second-order valence-corrected chi connectivity index (χ2v) is 7.34. The molecule has 1 heterocycles. The Labute approximate surface area is 110 Å². The van der Waals surface area contributed by atoms with Crippen molar-refractivity contribution < 1.29 is 8.42 Å². The van der Waals surface area contributed by atoms with Crippen molar-refractivity contribution in [2.24, 2.45) is 5.41 Å². The normalized spacial score (nSPS) is 22.5. The van der Waals surface area contributed by atoms with E-state index in [-0.39, 0.29) is 11.5 Å². The average molecular weight is 287 g/mol. The van der Waals surface area contributed by atoms with Gasteiger partial charge in [0, 0.05) is 12.2 Å². The van der Waals surface area contributed by atoms with Crippen LogP contribution in [0, 0.1) is 5.41 Å². The molecule has 0 radical (unpaired) electrons. The first-order valence-corrected chi connectivity index (χ1v) is 7.52. The Hall–Kier alpha value is -1.41. The summed E-state index contributed by atoms with van der Waals surface area (Å²) in [7, 11) is -3.91. The Kier molecular flexibility index (Phi) is 3.40. The summed E-state index contributed by atoms with van der Waals surface area (Å²) in [5, 5.41) is 0. The summed E-state index contributed by atoms with van der Waals surface area (Å²) in [5.74, 6) is 0. The van der Waals surface area contributed by atoms with Crippen molar-refractivity contribution in [1.29, 1.82) is 0 Å². The van der Waals surface area contributed by atoms with E-state index >= 15 is 0 Å². The lowest BCUT2D eigenvalue weighted by atomic mass is 9.92. The van der Waals surface area contributed by atoms with Crippen LogP contribution in [0.5, 0.6) is 0 Å². The van der Waals surface area contributed by atoms with Gasteiger partial charge in [0.1, 0.15) is 0 Å². The van der Waals surface area contributed by atoms with Gasteiger partial charge in [0.2, 0.25) is 10.0 Å². The van der Waals surface area contributed by atoms with Crippen molar-refractivity contribution in [3.8, 4) is 0 Å². The Morgan fingerprint density at radius 2 is 2.05 bits per heavy atom. The molecule has 1 aromatic rings. The Balaban J connectivity index is 2.24. The zero-order valence-corrected chi connectivity index (χ0v) is 11.6. The largest absolute Gasteiger partial charge is 0.325 e. The Bertz CT molecular complexity index is 686. The van der Waals surface area contributed by atoms with Gasteiger partial charge < -0.3 is 4.98 Å². The maximum absolute atomic E-state index is 12.1. The molecule has 7 nitrogen and oxygen atoms in total. The molecule has 106 valence electrons. The summed E-state index contributed by atoms with van der Waals surface area (Å²) in [6.45, 7) is 4.15. The summed E-state index contributed by atoms with van der Waals surface area (Å²) in [6, 6.07) is -0.175. The molecule has 1 fully saturated rings. The third-order valence-electron chi connectivity index (χ3n) is 3.37. The lowest BCUT2D eigenvalue weighted by Gasteiger charge is -2.17. The van der Waals surface area contributed by atoms with Crippen molar-refractivity contribution in [3.05, 3.63) is 27.0 Å². The molecular weight excluding hydrogens is 270 g/mol. The number of nitrogens with one attached hydrogen (secondary N) is 3. The molecule has 1 aromatic heterocycles. The van der Waals surface area contributed by atoms with Crippen LogP contribution in [-0.4, -0.2) is 24.4 Å². The molecule has 0 amide bonds. The molecule has 1 aliphatic rings. The molecule has 8 heteroatoms. The highest BCUT2D eigenvalue weighted by molar-refractivity contribution is 7.89. The second-order valence-electron chi connectivity index (χ2n) is 5.66. The van der Waals surface area contributed by atoms with Crippen molar-refractivity contribution in [1.82, 2.24) is 14.7 Å². The SMILES string of the molecule is CC1(C)CCC(NS(=O)(=O)c2c[nH]c(=O)[nH]c2=O)C1. The smallest absolute Gasteiger partial charge is 0.313 e. The van der Waals surface area contributed by atoms with Gasteiger partial charge >= 0.3 is 5.69 Å². The maximum Gasteiger partial charge on any atom is 0.325 e. The number of hydrogen-bond acceptors (Lipinski definition) is 4. The Morgan fingerprint density at radius 1 is 1.37 bits per heavy atom. The number of hydrogen-bond donors (Lipinski definition) is 3. The highest BCUT2D eigenvalue weighted by atomic mass is 32.2. The molecule has 0 bridgehead atoms. The van der Waals surface area contributed by atoms with Gasteiger partial charge in [-0.2, -0.15) is 0 Å². The zero-order valence-electron chi connectivity index (χ0n) is 10.8. The molecule has 1 unspecified atom stereocenters. The molecule has 1 atom stereocenters. The molecular formula is C11H17N3O4S. The first-order chi connectivity index (χ1) is 8.70. The molecule has 3 N–H and O–H groups in total. The fraction of sp³-hybridized carbons (Fsp3) is 0.636. The fourth-order valence-electron chi connectivity index (χ4n) is 2.42. The van der Waals surface area contributed by atoms with E-state index in [1.807, 2.05) is 4.98 Å². The van der Waals surface area contributed by atoms with Gasteiger partial charge in [-0.05, 0) is 24.7 Å². The summed E-state index contributed by atoms with van der Waals surface area (Å²) in [6.07, 6.45) is 3.33. The Morgan fingerprint density at radius 3 is 2.58 bits per heavy atom. The minimum atomic E-state index is -3.91. The van der Waals surface area contributed by atoms with E-state index in [4.69, 9.17) is 0 Å². The predicted molar refractivity (Wildman–Crippen MR) is 69.4 cm³/mol. The maximum atomic E-state index is 12.1. The van der Waals surface area contributed by atoms with Crippen molar-refractivity contribution >= 4 is 10.0 Å². The quantitative estimate of drug-likeness (QED) is 0.721. The summed E-state index contributed by atoms with van der Waals surface area (Å²) < 4.78 is 26.7. The molecule has 0 aromatic carbocycles. The highest BCUT2D eigenvalue weighted by Gasteiger charge is 2.34. The molecule has 0 saturated heterocycles. The van der Waals surface area contributed by atoms with E-state index in [0.29, 0.717) is 0 Å². The van der Waals surface area contributed by atoms with Crippen LogP contribution in [0.2, 0.25) is 0 Å². The van der Waals surface area contributed by atoms with E-state index in [1.54, 1.807) is 0 Å². The topological polar surface area (TPSA) is 112 Å². The summed E-state index contributed by atoms with van der Waals surface area (Å²) >= 11 is 0. The van der Waals surface area contributed by atoms with Gasteiger partial charge in [-0.1, -0.05) is 13.8 Å². The highest BCUT2D eigenvalue weighted by Crippen LogP contribution is 2.37. The molecule has 1 aliphatic carbocycles. The summed E-state index contributed by atoms with van der Waals surface area (Å²) in [4.78, 5) is 26.0. The van der Waals surface area contributed by atoms with Gasteiger partial charge in [-0.3, -0.25) is 9.78 Å². The van der Waals surface area contributed by atoms with Gasteiger partial charge in [0.15, 0.2) is 4.90 Å². The van der Waals surface area contributed by atoms with Crippen molar-refractivity contribution in [3.63, 3.8) is 0 Å². The van der Waals surface area contributed by atoms with Gasteiger partial charge in [0.05, 0.1) is 0 Å². The molecule has 19 heavy (non-hydrogen) atoms. The third kappa shape index (κ3) is 3.13. The summed E-state index contributed by atoms with van der Waals surface area (Å²) in [5.41, 5.74) is -1.54. The first kappa shape index (κ1) is 14.0. The zero-order chi connectivity index (χ0) is 14.3. The number of sulfonamides is 1. The second kappa shape index (κ2) is 4.61. The minimum Gasteiger partial charge on any atom is -0.313 e. The lowest BCUT2D eigenvalue weighted by Crippen LogP contribution is -2.38. The molecule has 0 aliphatic heterocycles. The first-order valence-electron chi connectivity index (χ1n) is 6.04. The van der Waals surface area contributed by atoms with Crippen LogP contribution in [-0.2, 0) is 10.0 Å². The van der Waals surface area contributed by atoms with Gasteiger partial charge in [-0.25, -0.2) is 17.9 Å². The van der Waals surface area contributed by atoms with E-state index < -0.39 is 26.2 Å². The van der Waals surface area contributed by atoms with Gasteiger partial charge in [0.25, 0.3) is 5.56 Å². The van der Waals surface area contributed by atoms with Gasteiger partial charge in [-0.15, -0.1) is 0 Å². The standard InChI is InChI=1S/C11H17N3O4S/c1-11(2)4-3-7(5-11)14-19(17,18)8-6-12-10(16)13-9(8)15/h6-7,14H,3-5H2,1-2H3,(H2,12,13,15,16). The monoisotopic (exact) mass is 287 g/mol. The molecule has 0 spiro atoms. The third-order valence-corrected chi connectivity index (χ3v) is 4.89. The number of H-pyrrole nitrogens is 2. The molecule has 1 saturated carbocycles. The fourth-order valence-corrected chi connectivity index (χ4v) is 3.69. The predicted octanol–water partition coefficient (Wildman–Crippen LogP) is -0.0798.